The van der Waals surface area contributed by atoms with Crippen LogP contribution in [0.5, 0.6) is 0 Å². The highest BCUT2D eigenvalue weighted by molar-refractivity contribution is 9.10. The number of anilines is 2. The van der Waals surface area contributed by atoms with Gasteiger partial charge in [0.15, 0.2) is 0 Å². The topological polar surface area (TPSA) is 87.3 Å². The van der Waals surface area contributed by atoms with Gasteiger partial charge in [-0.15, -0.1) is 11.8 Å². The van der Waals surface area contributed by atoms with E-state index in [1.165, 1.54) is 17.3 Å². The number of nitrogens with one attached hydrogen (secondary N) is 3. The first-order chi connectivity index (χ1) is 19.3. The lowest BCUT2D eigenvalue weighted by atomic mass is 10.1. The minimum Gasteiger partial charge on any atom is -0.325 e. The van der Waals surface area contributed by atoms with E-state index in [4.69, 9.17) is 0 Å². The van der Waals surface area contributed by atoms with E-state index in [0.29, 0.717) is 11.3 Å². The predicted molar refractivity (Wildman–Crippen MR) is 166 cm³/mol. The van der Waals surface area contributed by atoms with Gasteiger partial charge in [-0.25, -0.2) is 0 Å². The zero-order valence-electron chi connectivity index (χ0n) is 22.0. The molecule has 6 nitrogen and oxygen atoms in total. The van der Waals surface area contributed by atoms with Gasteiger partial charge in [0.05, 0.1) is 5.75 Å². The van der Waals surface area contributed by atoms with Crippen LogP contribution in [-0.4, -0.2) is 23.5 Å². The quantitative estimate of drug-likeness (QED) is 0.137. The number of carbonyl (C=O) groups is 3. The molecule has 4 rings (SSSR count). The molecule has 0 atom stereocenters. The fourth-order valence-electron chi connectivity index (χ4n) is 3.73. The molecule has 0 aliphatic rings. The molecule has 40 heavy (non-hydrogen) atoms. The van der Waals surface area contributed by atoms with Gasteiger partial charge in [-0.2, -0.15) is 0 Å². The van der Waals surface area contributed by atoms with Crippen molar-refractivity contribution >= 4 is 62.9 Å². The Hall–Kier alpha value is -4.14. The van der Waals surface area contributed by atoms with Crippen LogP contribution in [0.1, 0.15) is 27.0 Å². The zero-order valence-corrected chi connectivity index (χ0v) is 24.4. The molecule has 0 heterocycles. The summed E-state index contributed by atoms with van der Waals surface area (Å²) in [6.07, 6.45) is 1.62. The maximum absolute atomic E-state index is 13.3. The van der Waals surface area contributed by atoms with Crippen molar-refractivity contribution in [3.63, 3.8) is 0 Å². The Bertz CT molecular complexity index is 1570. The third-order valence-electron chi connectivity index (χ3n) is 5.94. The summed E-state index contributed by atoms with van der Waals surface area (Å²) in [7, 11) is 0. The molecule has 4 aromatic rings. The number of benzene rings is 4. The molecule has 0 aliphatic heterocycles. The van der Waals surface area contributed by atoms with Crippen molar-refractivity contribution in [1.82, 2.24) is 5.32 Å². The van der Waals surface area contributed by atoms with Gasteiger partial charge < -0.3 is 16.0 Å². The molecule has 0 bridgehead atoms. The number of halogens is 1. The van der Waals surface area contributed by atoms with Gasteiger partial charge in [-0.1, -0.05) is 58.4 Å². The van der Waals surface area contributed by atoms with Crippen LogP contribution in [0, 0.1) is 13.8 Å². The van der Waals surface area contributed by atoms with Gasteiger partial charge in [-0.3, -0.25) is 14.4 Å². The van der Waals surface area contributed by atoms with E-state index < -0.39 is 11.8 Å². The van der Waals surface area contributed by atoms with Crippen LogP contribution in [0.25, 0.3) is 6.08 Å². The van der Waals surface area contributed by atoms with Crippen molar-refractivity contribution in [3.8, 4) is 0 Å². The maximum Gasteiger partial charge on any atom is 0.272 e. The molecule has 4 aromatic carbocycles. The highest BCUT2D eigenvalue weighted by Gasteiger charge is 2.15. The fourth-order valence-corrected chi connectivity index (χ4v) is 4.90. The molecule has 8 heteroatoms. The number of hydrogen-bond acceptors (Lipinski definition) is 4. The molecule has 0 spiro atoms. The monoisotopic (exact) mass is 613 g/mol. The van der Waals surface area contributed by atoms with Gasteiger partial charge >= 0.3 is 0 Å². The Morgan fingerprint density at radius 3 is 2.27 bits per heavy atom. The second-order valence-corrected chi connectivity index (χ2v) is 11.0. The van der Waals surface area contributed by atoms with Gasteiger partial charge in [-0.05, 0) is 91.2 Å². The summed E-state index contributed by atoms with van der Waals surface area (Å²) in [6, 6.07) is 29.2. The average molecular weight is 615 g/mol. The molecule has 0 saturated carbocycles. The molecule has 3 N–H and O–H groups in total. The Balaban J connectivity index is 1.44. The number of carbonyl (C=O) groups excluding carboxylic acids is 3. The summed E-state index contributed by atoms with van der Waals surface area (Å²) >= 11 is 4.80. The van der Waals surface area contributed by atoms with Crippen molar-refractivity contribution in [1.29, 1.82) is 0 Å². The first kappa shape index (κ1) is 28.9. The lowest BCUT2D eigenvalue weighted by molar-refractivity contribution is -0.114. The van der Waals surface area contributed by atoms with Crippen LogP contribution >= 0.6 is 27.7 Å². The molecular weight excluding hydrogens is 586 g/mol. The van der Waals surface area contributed by atoms with Crippen LogP contribution in [0.4, 0.5) is 11.4 Å². The SMILES string of the molecule is Cc1ccc(NC(=O)CSc2cccc(NC(=O)/C(=C\c3cccc(Br)c3)NC(=O)c3ccccc3)c2)cc1C. The van der Waals surface area contributed by atoms with Crippen LogP contribution in [0.15, 0.2) is 112 Å². The van der Waals surface area contributed by atoms with Crippen molar-refractivity contribution in [2.75, 3.05) is 16.4 Å². The van der Waals surface area contributed by atoms with Crippen LogP contribution < -0.4 is 16.0 Å². The van der Waals surface area contributed by atoms with Crippen molar-refractivity contribution in [2.24, 2.45) is 0 Å². The van der Waals surface area contributed by atoms with Gasteiger partial charge in [0.2, 0.25) is 5.91 Å². The van der Waals surface area contributed by atoms with E-state index >= 15 is 0 Å². The molecule has 0 saturated heterocycles. The largest absolute Gasteiger partial charge is 0.325 e. The Kier molecular flexibility index (Phi) is 9.94. The van der Waals surface area contributed by atoms with Gasteiger partial charge in [0.1, 0.15) is 5.70 Å². The average Bonchev–Trinajstić information content (AvgIpc) is 2.94. The lowest BCUT2D eigenvalue weighted by Gasteiger charge is -2.12. The zero-order chi connectivity index (χ0) is 28.5. The summed E-state index contributed by atoms with van der Waals surface area (Å²) in [6.45, 7) is 4.03. The third kappa shape index (κ3) is 8.43. The summed E-state index contributed by atoms with van der Waals surface area (Å²) in [5.41, 5.74) is 4.86. The lowest BCUT2D eigenvalue weighted by Crippen LogP contribution is -2.30. The summed E-state index contributed by atoms with van der Waals surface area (Å²) in [5.74, 6) is -0.772. The third-order valence-corrected chi connectivity index (χ3v) is 7.43. The van der Waals surface area contributed by atoms with E-state index in [-0.39, 0.29) is 17.4 Å². The second kappa shape index (κ2) is 13.8. The molecule has 202 valence electrons. The summed E-state index contributed by atoms with van der Waals surface area (Å²) < 4.78 is 0.849. The van der Waals surface area contributed by atoms with Crippen molar-refractivity contribution in [3.05, 3.63) is 129 Å². The van der Waals surface area contributed by atoms with Gasteiger partial charge in [0, 0.05) is 26.3 Å². The minimum atomic E-state index is -0.473. The van der Waals surface area contributed by atoms with Crippen LogP contribution in [-0.2, 0) is 9.59 Å². The van der Waals surface area contributed by atoms with E-state index in [1.54, 1.807) is 48.5 Å². The van der Waals surface area contributed by atoms with Crippen LogP contribution in [0.3, 0.4) is 0 Å². The molecule has 0 aromatic heterocycles. The number of aryl methyl sites for hydroxylation is 2. The maximum atomic E-state index is 13.3. The standard InChI is InChI=1S/C32H28BrN3O3S/c1-21-14-15-27(16-22(21)2)34-30(37)20-40-28-13-7-12-26(19-28)35-32(39)29(18-23-8-6-11-25(33)17-23)36-31(38)24-9-4-3-5-10-24/h3-19H,20H2,1-2H3,(H,34,37)(H,35,39)(H,36,38)/b29-18+. The fraction of sp³-hybridized carbons (Fsp3) is 0.0938. The van der Waals surface area contributed by atoms with E-state index in [2.05, 4.69) is 31.9 Å². The van der Waals surface area contributed by atoms with Crippen LogP contribution in [0.2, 0.25) is 0 Å². The van der Waals surface area contributed by atoms with E-state index in [1.807, 2.05) is 68.4 Å². The van der Waals surface area contributed by atoms with Crippen molar-refractivity contribution < 1.29 is 14.4 Å². The molecule has 0 radical (unpaired) electrons. The van der Waals surface area contributed by atoms with E-state index in [9.17, 15) is 14.4 Å². The second-order valence-electron chi connectivity index (χ2n) is 9.05. The molecular formula is C32H28BrN3O3S. The Morgan fingerprint density at radius 2 is 1.52 bits per heavy atom. The Labute approximate surface area is 246 Å². The predicted octanol–water partition coefficient (Wildman–Crippen LogP) is 7.21. The number of amides is 3. The van der Waals surface area contributed by atoms with Gasteiger partial charge in [0.25, 0.3) is 11.8 Å². The summed E-state index contributed by atoms with van der Waals surface area (Å²) in [4.78, 5) is 39.5. The highest BCUT2D eigenvalue weighted by Crippen LogP contribution is 2.23. The number of hydrogen-bond donors (Lipinski definition) is 3. The first-order valence-electron chi connectivity index (χ1n) is 12.5. The smallest absolute Gasteiger partial charge is 0.272 e. The Morgan fingerprint density at radius 1 is 0.775 bits per heavy atom. The minimum absolute atomic E-state index is 0.0952. The highest BCUT2D eigenvalue weighted by atomic mass is 79.9. The number of thioether (sulfide) groups is 1. The summed E-state index contributed by atoms with van der Waals surface area (Å²) in [5, 5.41) is 8.53. The molecule has 0 unspecified atom stereocenters. The number of rotatable bonds is 9. The van der Waals surface area contributed by atoms with Crippen molar-refractivity contribution in [2.45, 2.75) is 18.7 Å². The normalized spacial score (nSPS) is 11.0. The van der Waals surface area contributed by atoms with E-state index in [0.717, 1.165) is 26.2 Å². The first-order valence-corrected chi connectivity index (χ1v) is 14.3. The molecule has 0 aliphatic carbocycles. The molecule has 3 amide bonds. The molecule has 0 fully saturated rings.